The van der Waals surface area contributed by atoms with Crippen molar-refractivity contribution in [3.05, 3.63) is 42.0 Å². The third kappa shape index (κ3) is 4.49. The van der Waals surface area contributed by atoms with Crippen molar-refractivity contribution < 1.29 is 17.9 Å². The highest BCUT2D eigenvalue weighted by Crippen LogP contribution is 2.41. The van der Waals surface area contributed by atoms with Crippen LogP contribution >= 0.6 is 0 Å². The van der Waals surface area contributed by atoms with Gasteiger partial charge in [-0.1, -0.05) is 39.0 Å². The van der Waals surface area contributed by atoms with Gasteiger partial charge in [-0.3, -0.25) is 4.72 Å². The number of nitrogens with one attached hydrogen (secondary N) is 1. The van der Waals surface area contributed by atoms with Gasteiger partial charge >= 0.3 is 0 Å². The van der Waals surface area contributed by atoms with E-state index in [0.717, 1.165) is 22.4 Å². The minimum atomic E-state index is -3.39. The van der Waals surface area contributed by atoms with Gasteiger partial charge in [0.25, 0.3) is 0 Å². The van der Waals surface area contributed by atoms with E-state index in [2.05, 4.69) is 18.6 Å². The molecule has 0 aromatic heterocycles. The van der Waals surface area contributed by atoms with Crippen LogP contribution in [0, 0.1) is 0 Å². The van der Waals surface area contributed by atoms with Crippen LogP contribution in [0.25, 0.3) is 11.1 Å². The van der Waals surface area contributed by atoms with Gasteiger partial charge in [0.05, 0.1) is 25.7 Å². The summed E-state index contributed by atoms with van der Waals surface area (Å²) in [5, 5.41) is 0. The Morgan fingerprint density at radius 2 is 1.65 bits per heavy atom. The Kier molecular flexibility index (Phi) is 6.53. The maximum absolute atomic E-state index is 12.3. The smallest absolute Gasteiger partial charge is 0.232 e. The third-order valence-electron chi connectivity index (χ3n) is 4.13. The molecule has 1 N–H and O–H groups in total. The number of para-hydroxylation sites is 1. The largest absolute Gasteiger partial charge is 0.496 e. The van der Waals surface area contributed by atoms with Crippen molar-refractivity contribution in [1.82, 2.24) is 0 Å². The number of rotatable bonds is 8. The minimum absolute atomic E-state index is 0.0817. The fourth-order valence-corrected chi connectivity index (χ4v) is 4.03. The highest BCUT2D eigenvalue weighted by Gasteiger charge is 2.19. The molecule has 5 nitrogen and oxygen atoms in total. The zero-order chi connectivity index (χ0) is 19.3. The normalized spacial score (nSPS) is 11.5. The summed E-state index contributed by atoms with van der Waals surface area (Å²) in [5.41, 5.74) is 3.18. The molecule has 0 radical (unpaired) electrons. The van der Waals surface area contributed by atoms with Gasteiger partial charge in [0.15, 0.2) is 0 Å². The Morgan fingerprint density at radius 3 is 2.23 bits per heavy atom. The molecular formula is C20H27NO4S. The molecule has 0 spiro atoms. The molecule has 0 bridgehead atoms. The number of sulfonamides is 1. The standard InChI is InChI=1S/C20H27NO4S/c1-6-11-26(22,23)21-18-10-8-7-9-15(18)17-12-16(14(2)3)19(24-4)13-20(17)25-5/h7-10,12-14,21H,6,11H2,1-5H3. The third-order valence-corrected chi connectivity index (χ3v) is 5.61. The van der Waals surface area contributed by atoms with Gasteiger partial charge in [0.2, 0.25) is 10.0 Å². The van der Waals surface area contributed by atoms with E-state index in [1.165, 1.54) is 0 Å². The van der Waals surface area contributed by atoms with Gasteiger partial charge in [-0.25, -0.2) is 8.42 Å². The summed E-state index contributed by atoms with van der Waals surface area (Å²) in [5.74, 6) is 1.72. The second-order valence-electron chi connectivity index (χ2n) is 6.42. The molecule has 0 aliphatic heterocycles. The van der Waals surface area contributed by atoms with Crippen molar-refractivity contribution in [2.24, 2.45) is 0 Å². The maximum atomic E-state index is 12.3. The summed E-state index contributed by atoms with van der Waals surface area (Å²) in [6.07, 6.45) is 0.556. The van der Waals surface area contributed by atoms with Gasteiger partial charge in [0, 0.05) is 17.2 Å². The quantitative estimate of drug-likeness (QED) is 0.727. The van der Waals surface area contributed by atoms with E-state index in [1.807, 2.05) is 37.3 Å². The van der Waals surface area contributed by atoms with Crippen LogP contribution in [0.2, 0.25) is 0 Å². The van der Waals surface area contributed by atoms with Crippen LogP contribution in [0.1, 0.15) is 38.7 Å². The first-order valence-electron chi connectivity index (χ1n) is 8.68. The lowest BCUT2D eigenvalue weighted by Gasteiger charge is -2.19. The number of hydrogen-bond acceptors (Lipinski definition) is 4. The van der Waals surface area contributed by atoms with Gasteiger partial charge in [-0.2, -0.15) is 0 Å². The molecule has 142 valence electrons. The van der Waals surface area contributed by atoms with Crippen LogP contribution in [0.5, 0.6) is 11.5 Å². The molecule has 0 unspecified atom stereocenters. The van der Waals surface area contributed by atoms with Crippen molar-refractivity contribution >= 4 is 15.7 Å². The van der Waals surface area contributed by atoms with Gasteiger partial charge in [0.1, 0.15) is 11.5 Å². The first kappa shape index (κ1) is 20.1. The molecule has 0 saturated carbocycles. The first-order valence-corrected chi connectivity index (χ1v) is 10.3. The molecule has 26 heavy (non-hydrogen) atoms. The van der Waals surface area contributed by atoms with Crippen LogP contribution in [0.3, 0.4) is 0 Å². The second kappa shape index (κ2) is 8.45. The molecule has 0 aliphatic carbocycles. The van der Waals surface area contributed by atoms with Crippen molar-refractivity contribution in [2.45, 2.75) is 33.1 Å². The Morgan fingerprint density at radius 1 is 1.00 bits per heavy atom. The molecule has 2 aromatic carbocycles. The number of ether oxygens (including phenoxy) is 2. The predicted molar refractivity (Wildman–Crippen MR) is 107 cm³/mol. The lowest BCUT2D eigenvalue weighted by Crippen LogP contribution is -2.16. The number of anilines is 1. The first-order chi connectivity index (χ1) is 12.3. The summed E-state index contributed by atoms with van der Waals surface area (Å²) in [7, 11) is -0.163. The molecule has 0 heterocycles. The molecule has 0 amide bonds. The summed E-state index contributed by atoms with van der Waals surface area (Å²) >= 11 is 0. The van der Waals surface area contributed by atoms with Gasteiger partial charge in [-0.05, 0) is 30.0 Å². The Bertz CT molecular complexity index is 860. The van der Waals surface area contributed by atoms with Crippen LogP contribution in [-0.4, -0.2) is 28.4 Å². The molecule has 6 heteroatoms. The van der Waals surface area contributed by atoms with Crippen LogP contribution in [-0.2, 0) is 10.0 Å². The van der Waals surface area contributed by atoms with E-state index in [0.29, 0.717) is 17.9 Å². The SMILES string of the molecule is CCCS(=O)(=O)Nc1ccccc1-c1cc(C(C)C)c(OC)cc1OC. The highest BCUT2D eigenvalue weighted by atomic mass is 32.2. The summed E-state index contributed by atoms with van der Waals surface area (Å²) in [4.78, 5) is 0. The Labute approximate surface area is 156 Å². The molecular weight excluding hydrogens is 350 g/mol. The second-order valence-corrected chi connectivity index (χ2v) is 8.26. The molecule has 0 atom stereocenters. The average molecular weight is 378 g/mol. The molecule has 2 rings (SSSR count). The van der Waals surface area contributed by atoms with E-state index in [1.54, 1.807) is 20.3 Å². The average Bonchev–Trinajstić information content (AvgIpc) is 2.60. The van der Waals surface area contributed by atoms with Crippen LogP contribution < -0.4 is 14.2 Å². The lowest BCUT2D eigenvalue weighted by molar-refractivity contribution is 0.390. The van der Waals surface area contributed by atoms with Crippen molar-refractivity contribution in [1.29, 1.82) is 0 Å². The van der Waals surface area contributed by atoms with Crippen molar-refractivity contribution in [2.75, 3.05) is 24.7 Å². The predicted octanol–water partition coefficient (Wildman–Crippen LogP) is 4.65. The van der Waals surface area contributed by atoms with Crippen molar-refractivity contribution in [3.8, 4) is 22.6 Å². The van der Waals surface area contributed by atoms with Crippen LogP contribution in [0.4, 0.5) is 5.69 Å². The highest BCUT2D eigenvalue weighted by molar-refractivity contribution is 7.92. The lowest BCUT2D eigenvalue weighted by atomic mass is 9.94. The van der Waals surface area contributed by atoms with Crippen molar-refractivity contribution in [3.63, 3.8) is 0 Å². The molecule has 0 fully saturated rings. The van der Waals surface area contributed by atoms with Crippen LogP contribution in [0.15, 0.2) is 36.4 Å². The molecule has 0 aliphatic rings. The Hall–Kier alpha value is -2.21. The summed E-state index contributed by atoms with van der Waals surface area (Å²) in [6.45, 7) is 6.01. The fourth-order valence-electron chi connectivity index (χ4n) is 2.88. The topological polar surface area (TPSA) is 64.6 Å². The molecule has 2 aromatic rings. The minimum Gasteiger partial charge on any atom is -0.496 e. The number of methoxy groups -OCH3 is 2. The van der Waals surface area contributed by atoms with Gasteiger partial charge < -0.3 is 9.47 Å². The molecule has 0 saturated heterocycles. The van der Waals surface area contributed by atoms with E-state index >= 15 is 0 Å². The monoisotopic (exact) mass is 377 g/mol. The van der Waals surface area contributed by atoms with E-state index < -0.39 is 10.0 Å². The number of hydrogen-bond donors (Lipinski definition) is 1. The zero-order valence-corrected chi connectivity index (χ0v) is 16.8. The number of benzene rings is 2. The zero-order valence-electron chi connectivity index (χ0n) is 16.0. The summed E-state index contributed by atoms with van der Waals surface area (Å²) in [6, 6.07) is 11.2. The summed E-state index contributed by atoms with van der Waals surface area (Å²) < 4.78 is 38.2. The van der Waals surface area contributed by atoms with E-state index in [-0.39, 0.29) is 11.7 Å². The van der Waals surface area contributed by atoms with Gasteiger partial charge in [-0.15, -0.1) is 0 Å². The Balaban J connectivity index is 2.63. The fraction of sp³-hybridized carbons (Fsp3) is 0.400. The maximum Gasteiger partial charge on any atom is 0.232 e. The van der Waals surface area contributed by atoms with E-state index in [4.69, 9.17) is 9.47 Å². The van der Waals surface area contributed by atoms with E-state index in [9.17, 15) is 8.42 Å².